The molecule has 2 N–H and O–H groups in total. The predicted octanol–water partition coefficient (Wildman–Crippen LogP) is 4.35. The van der Waals surface area contributed by atoms with Gasteiger partial charge in [-0.2, -0.15) is 26.3 Å². The Balaban J connectivity index is 1.93. The molecular weight excluding hydrogens is 428 g/mol. The molecule has 0 radical (unpaired) electrons. The molecule has 2 atom stereocenters. The van der Waals surface area contributed by atoms with Crippen molar-refractivity contribution < 1.29 is 26.3 Å². The maximum Gasteiger partial charge on any atom is 0.416 e. The van der Waals surface area contributed by atoms with Gasteiger partial charge in [-0.25, -0.2) is 0 Å². The fourth-order valence-electron chi connectivity index (χ4n) is 3.90. The molecule has 2 aromatic rings. The summed E-state index contributed by atoms with van der Waals surface area (Å²) >= 11 is 0. The number of likely N-dealkylation sites (N-methyl/N-ethyl adjacent to an activating group) is 1. The number of nitrogens with one attached hydrogen (secondary N) is 2. The number of nitrogens with zero attached hydrogens (tertiary/aromatic N) is 1. The molecule has 0 spiro atoms. The first-order valence-corrected chi connectivity index (χ1v) is 9.62. The molecule has 1 saturated carbocycles. The van der Waals surface area contributed by atoms with Crippen LogP contribution in [-0.2, 0) is 12.4 Å². The van der Waals surface area contributed by atoms with Gasteiger partial charge in [0.2, 0.25) is 0 Å². The van der Waals surface area contributed by atoms with Crippen LogP contribution < -0.4 is 21.5 Å². The van der Waals surface area contributed by atoms with Gasteiger partial charge in [0.15, 0.2) is 0 Å². The Morgan fingerprint density at radius 1 is 0.839 bits per heavy atom. The third kappa shape index (κ3) is 4.86. The lowest BCUT2D eigenvalue weighted by Gasteiger charge is -2.37. The standard InChI is InChI=1S/C20H21F6N3O2/c1-29(2)14-6-4-3-5-13(14)28-16-15(17(30)18(16)31)27-12-8-10(19(21,22)23)7-11(9-12)20(24,25)26/h7-9,13-14,27-28H,3-6H2,1-2H3/t13?,14-/m0/s1. The number of alkyl halides is 6. The van der Waals surface area contributed by atoms with Gasteiger partial charge in [0.25, 0.3) is 10.9 Å². The summed E-state index contributed by atoms with van der Waals surface area (Å²) in [6.07, 6.45) is -6.60. The van der Waals surface area contributed by atoms with Gasteiger partial charge in [0, 0.05) is 17.8 Å². The van der Waals surface area contributed by atoms with E-state index in [0.717, 1.165) is 19.3 Å². The molecule has 0 bridgehead atoms. The van der Waals surface area contributed by atoms with Gasteiger partial charge in [-0.3, -0.25) is 9.59 Å². The summed E-state index contributed by atoms with van der Waals surface area (Å²) in [6.45, 7) is 0. The average molecular weight is 449 g/mol. The van der Waals surface area contributed by atoms with Crippen molar-refractivity contribution in [2.75, 3.05) is 24.7 Å². The molecule has 0 amide bonds. The number of anilines is 3. The second kappa shape index (κ2) is 8.18. The Morgan fingerprint density at radius 2 is 1.35 bits per heavy atom. The zero-order valence-corrected chi connectivity index (χ0v) is 16.7. The Hall–Kier alpha value is -2.56. The molecule has 3 rings (SSSR count). The molecule has 0 aliphatic heterocycles. The molecule has 1 fully saturated rings. The van der Waals surface area contributed by atoms with Crippen LogP contribution in [-0.4, -0.2) is 31.1 Å². The maximum atomic E-state index is 13.1. The van der Waals surface area contributed by atoms with E-state index in [4.69, 9.17) is 0 Å². The van der Waals surface area contributed by atoms with Crippen molar-refractivity contribution >= 4 is 17.1 Å². The van der Waals surface area contributed by atoms with Crippen LogP contribution in [0.15, 0.2) is 27.8 Å². The SMILES string of the molecule is CN(C)[C@H]1CCCCC1Nc1c(Nc2cc(C(F)(F)F)cc(C(F)(F)F)c2)c(=O)c1=O. The lowest BCUT2D eigenvalue weighted by molar-refractivity contribution is -0.143. The van der Waals surface area contributed by atoms with E-state index in [-0.39, 0.29) is 29.5 Å². The fraction of sp³-hybridized carbons (Fsp3) is 0.500. The fourth-order valence-corrected chi connectivity index (χ4v) is 3.90. The summed E-state index contributed by atoms with van der Waals surface area (Å²) in [5, 5.41) is 5.29. The highest BCUT2D eigenvalue weighted by molar-refractivity contribution is 5.79. The number of hydrogen-bond donors (Lipinski definition) is 2. The summed E-state index contributed by atoms with van der Waals surface area (Å²) in [5.41, 5.74) is -5.91. The molecule has 2 aromatic carbocycles. The van der Waals surface area contributed by atoms with Crippen LogP contribution in [0.5, 0.6) is 0 Å². The van der Waals surface area contributed by atoms with E-state index >= 15 is 0 Å². The number of halogens is 6. The van der Waals surface area contributed by atoms with E-state index < -0.39 is 40.0 Å². The molecule has 1 aliphatic carbocycles. The van der Waals surface area contributed by atoms with Crippen molar-refractivity contribution in [3.05, 3.63) is 49.8 Å². The summed E-state index contributed by atoms with van der Waals surface area (Å²) in [6, 6.07) is 0.824. The average Bonchev–Trinajstić information content (AvgIpc) is 2.69. The maximum absolute atomic E-state index is 13.1. The molecule has 0 aromatic heterocycles. The predicted molar refractivity (Wildman–Crippen MR) is 104 cm³/mol. The quantitative estimate of drug-likeness (QED) is 0.525. The molecular formula is C20H21F6N3O2. The van der Waals surface area contributed by atoms with E-state index in [2.05, 4.69) is 10.6 Å². The molecule has 11 heteroatoms. The van der Waals surface area contributed by atoms with E-state index in [9.17, 15) is 35.9 Å². The lowest BCUT2D eigenvalue weighted by atomic mass is 9.89. The summed E-state index contributed by atoms with van der Waals surface area (Å²) in [7, 11) is 3.74. The van der Waals surface area contributed by atoms with E-state index in [1.807, 2.05) is 19.0 Å². The van der Waals surface area contributed by atoms with Gasteiger partial charge in [0.05, 0.1) is 11.1 Å². The highest BCUT2D eigenvalue weighted by atomic mass is 19.4. The highest BCUT2D eigenvalue weighted by Gasteiger charge is 2.37. The third-order valence-electron chi connectivity index (χ3n) is 5.49. The molecule has 1 aliphatic rings. The number of hydrogen-bond acceptors (Lipinski definition) is 5. The minimum atomic E-state index is -5.02. The lowest BCUT2D eigenvalue weighted by Crippen LogP contribution is -2.48. The topological polar surface area (TPSA) is 61.4 Å². The zero-order valence-electron chi connectivity index (χ0n) is 16.7. The van der Waals surface area contributed by atoms with Gasteiger partial charge in [-0.05, 0) is 45.1 Å². The van der Waals surface area contributed by atoms with Gasteiger partial charge in [0.1, 0.15) is 11.4 Å². The highest BCUT2D eigenvalue weighted by Crippen LogP contribution is 2.38. The van der Waals surface area contributed by atoms with Crippen LogP contribution in [0.3, 0.4) is 0 Å². The van der Waals surface area contributed by atoms with Crippen LogP contribution in [0.25, 0.3) is 0 Å². The monoisotopic (exact) mass is 449 g/mol. The van der Waals surface area contributed by atoms with Crippen molar-refractivity contribution in [2.45, 2.75) is 50.1 Å². The van der Waals surface area contributed by atoms with Gasteiger partial charge in [-0.1, -0.05) is 12.8 Å². The molecule has 5 nitrogen and oxygen atoms in total. The van der Waals surface area contributed by atoms with E-state index in [1.165, 1.54) is 0 Å². The van der Waals surface area contributed by atoms with Gasteiger partial charge >= 0.3 is 12.4 Å². The normalized spacial score (nSPS) is 20.3. The Bertz CT molecular complexity index is 989. The van der Waals surface area contributed by atoms with Crippen molar-refractivity contribution in [1.82, 2.24) is 4.90 Å². The second-order valence-electron chi connectivity index (χ2n) is 7.89. The van der Waals surface area contributed by atoms with Gasteiger partial charge < -0.3 is 15.5 Å². The molecule has 0 heterocycles. The summed E-state index contributed by atoms with van der Waals surface area (Å²) in [4.78, 5) is 26.1. The first-order chi connectivity index (χ1) is 14.3. The number of benzene rings is 1. The van der Waals surface area contributed by atoms with Crippen LogP contribution in [0.4, 0.5) is 43.4 Å². The van der Waals surface area contributed by atoms with Crippen LogP contribution >= 0.6 is 0 Å². The third-order valence-corrected chi connectivity index (χ3v) is 5.49. The molecule has 0 saturated heterocycles. The number of rotatable bonds is 5. The van der Waals surface area contributed by atoms with Crippen molar-refractivity contribution in [3.63, 3.8) is 0 Å². The first-order valence-electron chi connectivity index (χ1n) is 9.62. The van der Waals surface area contributed by atoms with Crippen molar-refractivity contribution in [1.29, 1.82) is 0 Å². The van der Waals surface area contributed by atoms with Gasteiger partial charge in [-0.15, -0.1) is 0 Å². The van der Waals surface area contributed by atoms with Crippen molar-refractivity contribution in [3.8, 4) is 0 Å². The Morgan fingerprint density at radius 3 is 1.87 bits per heavy atom. The summed E-state index contributed by atoms with van der Waals surface area (Å²) < 4.78 is 78.4. The van der Waals surface area contributed by atoms with E-state index in [1.54, 1.807) is 0 Å². The molecule has 170 valence electrons. The zero-order chi connectivity index (χ0) is 23.1. The largest absolute Gasteiger partial charge is 0.416 e. The van der Waals surface area contributed by atoms with Crippen LogP contribution in [0, 0.1) is 0 Å². The second-order valence-corrected chi connectivity index (χ2v) is 7.89. The Kier molecular flexibility index (Phi) is 6.09. The van der Waals surface area contributed by atoms with Crippen LogP contribution in [0.2, 0.25) is 0 Å². The smallest absolute Gasteiger partial charge is 0.376 e. The van der Waals surface area contributed by atoms with E-state index in [0.29, 0.717) is 18.6 Å². The minimum absolute atomic E-state index is 0.00379. The molecule has 1 unspecified atom stereocenters. The van der Waals surface area contributed by atoms with Crippen LogP contribution in [0.1, 0.15) is 36.8 Å². The Labute approximate surface area is 173 Å². The first kappa shape index (κ1) is 23.1. The minimum Gasteiger partial charge on any atom is -0.376 e. The molecule has 31 heavy (non-hydrogen) atoms. The van der Waals surface area contributed by atoms with Crippen molar-refractivity contribution in [2.24, 2.45) is 0 Å². The summed E-state index contributed by atoms with van der Waals surface area (Å²) in [5.74, 6) is 0.